The summed E-state index contributed by atoms with van der Waals surface area (Å²) in [6.45, 7) is 0.433. The molecule has 2 heterocycles. The zero-order valence-electron chi connectivity index (χ0n) is 7.23. The molecule has 3 N–H and O–H groups in total. The molecule has 0 atom stereocenters. The maximum Gasteiger partial charge on any atom is 0.439 e. The molecule has 0 amide bonds. The van der Waals surface area contributed by atoms with Crippen molar-refractivity contribution in [1.82, 2.24) is 15.1 Å². The molecule has 6 heteroatoms. The van der Waals surface area contributed by atoms with Crippen LogP contribution in [0.1, 0.15) is 5.56 Å². The fourth-order valence-electron chi connectivity index (χ4n) is 1.03. The van der Waals surface area contributed by atoms with Crippen LogP contribution in [0.4, 0.5) is 0 Å². The molecule has 0 radical (unpaired) electrons. The molecule has 0 unspecified atom stereocenters. The molecule has 0 saturated carbocycles. The van der Waals surface area contributed by atoms with Gasteiger partial charge in [-0.15, -0.1) is 0 Å². The van der Waals surface area contributed by atoms with Gasteiger partial charge in [-0.2, -0.15) is 0 Å². The number of nitrogens with two attached hydrogens (primary N) is 1. The van der Waals surface area contributed by atoms with Crippen LogP contribution in [-0.2, 0) is 6.54 Å². The van der Waals surface area contributed by atoms with Gasteiger partial charge in [0, 0.05) is 12.7 Å². The minimum Gasteiger partial charge on any atom is -0.326 e. The van der Waals surface area contributed by atoms with Crippen LogP contribution in [0.25, 0.3) is 11.5 Å². The number of nitrogens with one attached hydrogen (secondary N) is 1. The van der Waals surface area contributed by atoms with Gasteiger partial charge in [-0.25, -0.2) is 4.79 Å². The van der Waals surface area contributed by atoms with E-state index in [1.807, 2.05) is 6.07 Å². The third-order valence-corrected chi connectivity index (χ3v) is 1.74. The van der Waals surface area contributed by atoms with Crippen molar-refractivity contribution in [3.8, 4) is 11.5 Å². The molecule has 14 heavy (non-hydrogen) atoms. The van der Waals surface area contributed by atoms with Crippen LogP contribution in [0, 0.1) is 0 Å². The Morgan fingerprint density at radius 3 is 2.86 bits per heavy atom. The fraction of sp³-hybridized carbons (Fsp3) is 0.125. The van der Waals surface area contributed by atoms with Gasteiger partial charge in [0.05, 0.1) is 0 Å². The first-order valence-electron chi connectivity index (χ1n) is 4.01. The van der Waals surface area contributed by atoms with Crippen molar-refractivity contribution in [3.63, 3.8) is 0 Å². The third kappa shape index (κ3) is 1.55. The van der Waals surface area contributed by atoms with Gasteiger partial charge in [-0.05, 0) is 11.6 Å². The van der Waals surface area contributed by atoms with Crippen molar-refractivity contribution in [3.05, 3.63) is 34.4 Å². The van der Waals surface area contributed by atoms with E-state index in [9.17, 15) is 4.79 Å². The summed E-state index contributed by atoms with van der Waals surface area (Å²) < 4.78 is 4.35. The van der Waals surface area contributed by atoms with Crippen molar-refractivity contribution in [2.75, 3.05) is 0 Å². The van der Waals surface area contributed by atoms with Crippen LogP contribution >= 0.6 is 0 Å². The second kappa shape index (κ2) is 3.43. The summed E-state index contributed by atoms with van der Waals surface area (Å²) in [7, 11) is 0. The lowest BCUT2D eigenvalue weighted by Gasteiger charge is -1.96. The molecule has 0 aliphatic carbocycles. The summed E-state index contributed by atoms with van der Waals surface area (Å²) in [4.78, 5) is 17.1. The van der Waals surface area contributed by atoms with E-state index >= 15 is 0 Å². The molecule has 2 aromatic rings. The Morgan fingerprint density at radius 1 is 1.50 bits per heavy atom. The van der Waals surface area contributed by atoms with Crippen molar-refractivity contribution in [2.45, 2.75) is 6.54 Å². The lowest BCUT2D eigenvalue weighted by Crippen LogP contribution is -1.98. The number of rotatable bonds is 2. The van der Waals surface area contributed by atoms with Crippen molar-refractivity contribution >= 4 is 0 Å². The van der Waals surface area contributed by atoms with Crippen molar-refractivity contribution < 1.29 is 4.52 Å². The highest BCUT2D eigenvalue weighted by molar-refractivity contribution is 5.47. The fourth-order valence-corrected chi connectivity index (χ4v) is 1.03. The molecular weight excluding hydrogens is 184 g/mol. The standard InChI is InChI=1S/C8H8N4O2/c9-3-5-1-2-6(10-4-5)7-11-8(13)14-12-7/h1-2,4H,3,9H2,(H,11,12,13). The first-order chi connectivity index (χ1) is 6.79. The Morgan fingerprint density at radius 2 is 2.36 bits per heavy atom. The SMILES string of the molecule is NCc1ccc(-c2noc(=O)[nH]2)nc1. The average molecular weight is 192 g/mol. The van der Waals surface area contributed by atoms with E-state index < -0.39 is 5.76 Å². The van der Waals surface area contributed by atoms with Gasteiger partial charge < -0.3 is 5.73 Å². The number of hydrogen-bond donors (Lipinski definition) is 2. The molecule has 0 aliphatic heterocycles. The number of nitrogens with zero attached hydrogens (tertiary/aromatic N) is 2. The maximum absolute atomic E-state index is 10.7. The minimum atomic E-state index is -0.593. The van der Waals surface area contributed by atoms with Crippen LogP contribution in [0.5, 0.6) is 0 Å². The van der Waals surface area contributed by atoms with Gasteiger partial charge in [0.1, 0.15) is 5.69 Å². The normalized spacial score (nSPS) is 10.4. The monoisotopic (exact) mass is 192 g/mol. The highest BCUT2D eigenvalue weighted by atomic mass is 16.5. The first-order valence-corrected chi connectivity index (χ1v) is 4.01. The number of hydrogen-bond acceptors (Lipinski definition) is 5. The molecule has 0 fully saturated rings. The Bertz CT molecular complexity index is 471. The van der Waals surface area contributed by atoms with Crippen LogP contribution in [0.3, 0.4) is 0 Å². The van der Waals surface area contributed by atoms with E-state index in [0.717, 1.165) is 5.56 Å². The minimum absolute atomic E-state index is 0.318. The number of aromatic amines is 1. The number of H-pyrrole nitrogens is 1. The molecular formula is C8H8N4O2. The molecule has 0 spiro atoms. The van der Waals surface area contributed by atoms with Gasteiger partial charge in [-0.1, -0.05) is 11.2 Å². The highest BCUT2D eigenvalue weighted by Gasteiger charge is 2.04. The maximum atomic E-state index is 10.7. The second-order valence-corrected chi connectivity index (χ2v) is 2.70. The largest absolute Gasteiger partial charge is 0.439 e. The Balaban J connectivity index is 2.38. The lowest BCUT2D eigenvalue weighted by molar-refractivity contribution is 0.387. The molecule has 0 aromatic carbocycles. The Hall–Kier alpha value is -1.95. The molecule has 0 aliphatic rings. The van der Waals surface area contributed by atoms with E-state index in [1.165, 1.54) is 0 Å². The summed E-state index contributed by atoms with van der Waals surface area (Å²) in [6, 6.07) is 3.53. The smallest absolute Gasteiger partial charge is 0.326 e. The Labute approximate surface area is 78.8 Å². The zero-order chi connectivity index (χ0) is 9.97. The van der Waals surface area contributed by atoms with Crippen LogP contribution in [0.15, 0.2) is 27.6 Å². The molecule has 6 nitrogen and oxygen atoms in total. The molecule has 72 valence electrons. The second-order valence-electron chi connectivity index (χ2n) is 2.70. The van der Waals surface area contributed by atoms with Gasteiger partial charge in [0.2, 0.25) is 5.82 Å². The van der Waals surface area contributed by atoms with Crippen LogP contribution in [-0.4, -0.2) is 15.1 Å². The van der Waals surface area contributed by atoms with Crippen molar-refractivity contribution in [2.24, 2.45) is 5.73 Å². The van der Waals surface area contributed by atoms with Gasteiger partial charge in [0.25, 0.3) is 0 Å². The predicted molar refractivity (Wildman–Crippen MR) is 48.2 cm³/mol. The van der Waals surface area contributed by atoms with Gasteiger partial charge in [-0.3, -0.25) is 14.5 Å². The third-order valence-electron chi connectivity index (χ3n) is 1.74. The van der Waals surface area contributed by atoms with E-state index in [0.29, 0.717) is 18.1 Å². The summed E-state index contributed by atoms with van der Waals surface area (Å²) >= 11 is 0. The Kier molecular flexibility index (Phi) is 2.11. The summed E-state index contributed by atoms with van der Waals surface area (Å²) in [6.07, 6.45) is 1.63. The lowest BCUT2D eigenvalue weighted by atomic mass is 10.2. The summed E-state index contributed by atoms with van der Waals surface area (Å²) in [5, 5.41) is 3.50. The number of pyridine rings is 1. The van der Waals surface area contributed by atoms with Gasteiger partial charge >= 0.3 is 5.76 Å². The zero-order valence-corrected chi connectivity index (χ0v) is 7.23. The first kappa shape index (κ1) is 8.64. The highest BCUT2D eigenvalue weighted by Crippen LogP contribution is 2.09. The van der Waals surface area contributed by atoms with Crippen LogP contribution in [0.2, 0.25) is 0 Å². The van der Waals surface area contributed by atoms with E-state index in [2.05, 4.69) is 19.6 Å². The summed E-state index contributed by atoms with van der Waals surface area (Å²) in [5.41, 5.74) is 6.88. The van der Waals surface area contributed by atoms with E-state index in [4.69, 9.17) is 5.73 Å². The van der Waals surface area contributed by atoms with E-state index in [-0.39, 0.29) is 0 Å². The van der Waals surface area contributed by atoms with E-state index in [1.54, 1.807) is 12.3 Å². The summed E-state index contributed by atoms with van der Waals surface area (Å²) in [5.74, 6) is -0.275. The predicted octanol–water partition coefficient (Wildman–Crippen LogP) is -0.116. The topological polar surface area (TPSA) is 97.8 Å². The van der Waals surface area contributed by atoms with Crippen LogP contribution < -0.4 is 11.5 Å². The van der Waals surface area contributed by atoms with Crippen molar-refractivity contribution in [1.29, 1.82) is 0 Å². The molecule has 2 rings (SSSR count). The van der Waals surface area contributed by atoms with Gasteiger partial charge in [0.15, 0.2) is 0 Å². The quantitative estimate of drug-likeness (QED) is 0.691. The molecule has 2 aromatic heterocycles. The number of aromatic nitrogens is 3. The molecule has 0 bridgehead atoms. The molecule has 0 saturated heterocycles. The average Bonchev–Trinajstić information content (AvgIpc) is 2.65.